The van der Waals surface area contributed by atoms with Gasteiger partial charge in [-0.05, 0) is 90.3 Å². The monoisotopic (exact) mass is 677 g/mol. The largest absolute Gasteiger partial charge is 0.453 e. The maximum atomic E-state index is 13.5. The molecule has 2 aromatic rings. The first-order valence-electron chi connectivity index (χ1n) is 15.2. The maximum Gasteiger partial charge on any atom is 0.453 e. The molecule has 0 amide bonds. The molecule has 13 heteroatoms. The van der Waals surface area contributed by atoms with Crippen LogP contribution in [0.4, 0.5) is 0 Å². The van der Waals surface area contributed by atoms with Crippen molar-refractivity contribution < 1.29 is 52.7 Å². The average molecular weight is 678 g/mol. The summed E-state index contributed by atoms with van der Waals surface area (Å²) in [6.45, 7) is 14.5. The van der Waals surface area contributed by atoms with E-state index in [1.54, 1.807) is 77.9 Å². The van der Waals surface area contributed by atoms with Crippen molar-refractivity contribution in [3.8, 4) is 11.5 Å². The number of ether oxygens (including phenoxy) is 6. The Hall–Kier alpha value is -3.87. The van der Waals surface area contributed by atoms with Gasteiger partial charge in [-0.15, -0.1) is 0 Å². The maximum absolute atomic E-state index is 13.5. The second-order valence-corrected chi connectivity index (χ2v) is 13.9. The molecule has 0 saturated carbocycles. The Morgan fingerprint density at radius 2 is 1.34 bits per heavy atom. The number of hydrogen-bond donors (Lipinski definition) is 2. The molecular weight excluding hydrogens is 634 g/mol. The average Bonchev–Trinajstić information content (AvgIpc) is 3.35. The van der Waals surface area contributed by atoms with Crippen LogP contribution < -0.4 is 14.8 Å². The Morgan fingerprint density at radius 1 is 0.809 bits per heavy atom. The fourth-order valence-electron chi connectivity index (χ4n) is 4.15. The Kier molecular flexibility index (Phi) is 11.9. The molecule has 1 aliphatic rings. The molecule has 2 N–H and O–H groups in total. The minimum absolute atomic E-state index is 0.0401. The predicted molar refractivity (Wildman–Crippen MR) is 170 cm³/mol. The molecule has 3 rings (SSSR count). The molecule has 0 saturated heterocycles. The number of halogens is 1. The Labute approximate surface area is 279 Å². The van der Waals surface area contributed by atoms with Crippen LogP contribution in [-0.2, 0) is 44.5 Å². The summed E-state index contributed by atoms with van der Waals surface area (Å²) in [6.07, 6.45) is -3.15. The molecule has 2 unspecified atom stereocenters. The number of esters is 4. The van der Waals surface area contributed by atoms with E-state index in [2.05, 4.69) is 5.32 Å². The summed E-state index contributed by atoms with van der Waals surface area (Å²) in [5.74, 6) is -6.72. The summed E-state index contributed by atoms with van der Waals surface area (Å²) in [5, 5.41) is 14.3. The van der Waals surface area contributed by atoms with Gasteiger partial charge in [-0.2, -0.15) is 0 Å². The van der Waals surface area contributed by atoms with Gasteiger partial charge in [-0.1, -0.05) is 29.8 Å². The molecule has 0 spiro atoms. The smallest absolute Gasteiger partial charge is 0.431 e. The van der Waals surface area contributed by atoms with E-state index in [1.807, 2.05) is 6.92 Å². The highest BCUT2D eigenvalue weighted by Crippen LogP contribution is 2.42. The molecule has 4 atom stereocenters. The third kappa shape index (κ3) is 10.1. The first-order valence-corrected chi connectivity index (χ1v) is 15.6. The fourth-order valence-corrected chi connectivity index (χ4v) is 4.35. The lowest BCUT2D eigenvalue weighted by Crippen LogP contribution is -2.57. The van der Waals surface area contributed by atoms with Gasteiger partial charge in [0.25, 0.3) is 0 Å². The number of fused-ring (bicyclic) bond motifs is 1. The highest BCUT2D eigenvalue weighted by molar-refractivity contribution is 6.30. The summed E-state index contributed by atoms with van der Waals surface area (Å²) in [4.78, 5) is 51.7. The van der Waals surface area contributed by atoms with Crippen LogP contribution >= 0.6 is 11.6 Å². The van der Waals surface area contributed by atoms with Gasteiger partial charge < -0.3 is 38.8 Å². The number of rotatable bonds is 12. The molecule has 12 nitrogen and oxygen atoms in total. The molecule has 47 heavy (non-hydrogen) atoms. The summed E-state index contributed by atoms with van der Waals surface area (Å²) in [7, 11) is 0. The van der Waals surface area contributed by atoms with Crippen LogP contribution in [-0.4, -0.2) is 59.9 Å². The third-order valence-corrected chi connectivity index (χ3v) is 7.04. The van der Waals surface area contributed by atoms with Crippen LogP contribution in [0.5, 0.6) is 11.5 Å². The van der Waals surface area contributed by atoms with E-state index >= 15 is 0 Å². The SMILES string of the molecule is CC(OC(=O)C(C)(C)C)OC(=O)C1(C(=O)OC(C)OC(=O)C(C)(C)C)Oc2ccc(C[C@@H](C)NC[C@H](O)c3cccc(Cl)c3)cc2O1. The van der Waals surface area contributed by atoms with Gasteiger partial charge in [-0.25, -0.2) is 9.59 Å². The van der Waals surface area contributed by atoms with Crippen molar-refractivity contribution in [1.29, 1.82) is 0 Å². The molecule has 0 radical (unpaired) electrons. The zero-order valence-electron chi connectivity index (χ0n) is 28.2. The molecule has 0 bridgehead atoms. The molecule has 0 aliphatic carbocycles. The molecule has 0 fully saturated rings. The van der Waals surface area contributed by atoms with Crippen molar-refractivity contribution in [1.82, 2.24) is 5.32 Å². The van der Waals surface area contributed by atoms with E-state index < -0.39 is 59.2 Å². The first-order chi connectivity index (χ1) is 21.7. The number of hydrogen-bond acceptors (Lipinski definition) is 12. The molecule has 1 heterocycles. The second-order valence-electron chi connectivity index (χ2n) is 13.4. The summed E-state index contributed by atoms with van der Waals surface area (Å²) >= 11 is 6.04. The third-order valence-electron chi connectivity index (χ3n) is 6.80. The van der Waals surface area contributed by atoms with E-state index in [0.717, 1.165) is 5.56 Å². The topological polar surface area (TPSA) is 156 Å². The normalized spacial score (nSPS) is 18.4. The van der Waals surface area contributed by atoms with Gasteiger partial charge in [-0.3, -0.25) is 9.59 Å². The van der Waals surface area contributed by atoms with E-state index in [1.165, 1.54) is 19.9 Å². The number of benzene rings is 2. The highest BCUT2D eigenvalue weighted by Gasteiger charge is 2.61. The fraction of sp³-hybridized carbons (Fsp3) is 0.529. The standard InChI is InChI=1S/C34H44ClNO11/c1-19(36-18-25(37)23-11-10-12-24(35)17-23)15-22-13-14-26-27(16-22)47-34(46-26,30(40)44-20(2)42-28(38)32(4,5)6)31(41)45-21(3)43-29(39)33(7,8)9/h10-14,16-17,19-21,25,36-37H,15,18H2,1-9H3/t19-,20?,21?,25+,34?/m1/s1. The van der Waals surface area contributed by atoms with E-state index in [9.17, 15) is 24.3 Å². The highest BCUT2D eigenvalue weighted by atomic mass is 35.5. The quantitative estimate of drug-likeness (QED) is 0.176. The van der Waals surface area contributed by atoms with E-state index in [4.69, 9.17) is 40.0 Å². The van der Waals surface area contributed by atoms with Gasteiger partial charge in [0.05, 0.1) is 16.9 Å². The van der Waals surface area contributed by atoms with Crippen LogP contribution in [0, 0.1) is 10.8 Å². The lowest BCUT2D eigenvalue weighted by atomic mass is 9.97. The van der Waals surface area contributed by atoms with Crippen molar-refractivity contribution in [2.24, 2.45) is 10.8 Å². The first kappa shape index (κ1) is 37.6. The zero-order chi connectivity index (χ0) is 35.3. The molecule has 258 valence electrons. The lowest BCUT2D eigenvalue weighted by Gasteiger charge is -2.27. The zero-order valence-corrected chi connectivity index (χ0v) is 28.9. The number of nitrogens with one attached hydrogen (secondary N) is 1. The predicted octanol–water partition coefficient (Wildman–Crippen LogP) is 5.02. The van der Waals surface area contributed by atoms with E-state index in [0.29, 0.717) is 17.0 Å². The van der Waals surface area contributed by atoms with Crippen LogP contribution in [0.15, 0.2) is 42.5 Å². The van der Waals surface area contributed by atoms with Gasteiger partial charge >= 0.3 is 29.7 Å². The summed E-state index contributed by atoms with van der Waals surface area (Å²) < 4.78 is 32.6. The number of carbonyl (C=O) groups excluding carboxylic acids is 4. The Bertz CT molecular complexity index is 1410. The van der Waals surface area contributed by atoms with E-state index in [-0.39, 0.29) is 24.1 Å². The molecular formula is C34H44ClNO11. The van der Waals surface area contributed by atoms with Crippen LogP contribution in [0.25, 0.3) is 0 Å². The van der Waals surface area contributed by atoms with Gasteiger partial charge in [0.15, 0.2) is 11.5 Å². The van der Waals surface area contributed by atoms with Crippen molar-refractivity contribution in [3.05, 3.63) is 58.6 Å². The second kappa shape index (κ2) is 14.9. The van der Waals surface area contributed by atoms with Gasteiger partial charge in [0, 0.05) is 31.5 Å². The minimum atomic E-state index is -2.79. The molecule has 0 aromatic heterocycles. The summed E-state index contributed by atoms with van der Waals surface area (Å²) in [6, 6.07) is 11.7. The Balaban J connectivity index is 1.77. The van der Waals surface area contributed by atoms with Crippen molar-refractivity contribution >= 4 is 35.5 Å². The van der Waals surface area contributed by atoms with Gasteiger partial charge in [0.2, 0.25) is 12.6 Å². The molecule has 1 aliphatic heterocycles. The number of aliphatic hydroxyl groups is 1. The summed E-state index contributed by atoms with van der Waals surface area (Å²) in [5.41, 5.74) is -0.353. The van der Waals surface area contributed by atoms with Crippen LogP contribution in [0.1, 0.15) is 79.5 Å². The lowest BCUT2D eigenvalue weighted by molar-refractivity contribution is -0.230. The van der Waals surface area contributed by atoms with Crippen molar-refractivity contribution in [2.45, 2.75) is 99.2 Å². The number of carbonyl (C=O) groups is 4. The number of aliphatic hydroxyl groups excluding tert-OH is 1. The van der Waals surface area contributed by atoms with Crippen molar-refractivity contribution in [2.75, 3.05) is 6.54 Å². The molecule has 2 aromatic carbocycles. The minimum Gasteiger partial charge on any atom is -0.431 e. The van der Waals surface area contributed by atoms with Crippen LogP contribution in [0.3, 0.4) is 0 Å². The van der Waals surface area contributed by atoms with Gasteiger partial charge in [0.1, 0.15) is 0 Å². The van der Waals surface area contributed by atoms with Crippen LogP contribution in [0.2, 0.25) is 5.02 Å². The van der Waals surface area contributed by atoms with Crippen molar-refractivity contribution in [3.63, 3.8) is 0 Å². The Morgan fingerprint density at radius 3 is 1.85 bits per heavy atom.